The second-order valence-electron chi connectivity index (χ2n) is 3.07. The Labute approximate surface area is 100 Å². The van der Waals surface area contributed by atoms with Crippen LogP contribution in [0.5, 0.6) is 0 Å². The number of anilines is 1. The van der Waals surface area contributed by atoms with Crippen molar-refractivity contribution in [3.63, 3.8) is 0 Å². The summed E-state index contributed by atoms with van der Waals surface area (Å²) in [5.41, 5.74) is -0.000449. The number of rotatable bonds is 5. The van der Waals surface area contributed by atoms with Crippen LogP contribution in [0.1, 0.15) is 10.4 Å². The third-order valence-corrected chi connectivity index (χ3v) is 2.23. The van der Waals surface area contributed by atoms with Crippen molar-refractivity contribution in [2.24, 2.45) is 0 Å². The molecule has 1 heterocycles. The zero-order chi connectivity index (χ0) is 12.1. The molecule has 0 aliphatic carbocycles. The average Bonchev–Trinajstić information content (AvgIpc) is 2.26. The number of carboxylic acids is 1. The van der Waals surface area contributed by atoms with Crippen LogP contribution in [0.3, 0.4) is 0 Å². The van der Waals surface area contributed by atoms with Gasteiger partial charge in [-0.3, -0.25) is 0 Å². The number of pyridine rings is 1. The SMILES string of the molecule is O=C(O)c1cc(Br)cnc1NC[C@@H](O)CO. The fraction of sp³-hybridized carbons (Fsp3) is 0.333. The van der Waals surface area contributed by atoms with E-state index in [1.54, 1.807) is 0 Å². The van der Waals surface area contributed by atoms with Gasteiger partial charge in [0.05, 0.1) is 12.7 Å². The van der Waals surface area contributed by atoms with Crippen LogP contribution in [0.2, 0.25) is 0 Å². The second kappa shape index (κ2) is 5.78. The van der Waals surface area contributed by atoms with Crippen molar-refractivity contribution in [3.8, 4) is 0 Å². The van der Waals surface area contributed by atoms with E-state index in [2.05, 4.69) is 26.2 Å². The molecular formula is C9H11BrN2O4. The summed E-state index contributed by atoms with van der Waals surface area (Å²) >= 11 is 3.12. The highest BCUT2D eigenvalue weighted by Crippen LogP contribution is 2.17. The Morgan fingerprint density at radius 1 is 1.62 bits per heavy atom. The molecule has 7 heteroatoms. The quantitative estimate of drug-likeness (QED) is 0.622. The minimum Gasteiger partial charge on any atom is -0.478 e. The number of aromatic carboxylic acids is 1. The van der Waals surface area contributed by atoms with Gasteiger partial charge in [0.25, 0.3) is 0 Å². The number of carboxylic acid groups (broad SMARTS) is 1. The molecule has 0 saturated heterocycles. The number of aliphatic hydroxyl groups is 2. The van der Waals surface area contributed by atoms with Gasteiger partial charge in [-0.2, -0.15) is 0 Å². The van der Waals surface area contributed by atoms with Gasteiger partial charge in [0.15, 0.2) is 0 Å². The maximum absolute atomic E-state index is 10.9. The van der Waals surface area contributed by atoms with Crippen LogP contribution in [0, 0.1) is 0 Å². The first kappa shape index (κ1) is 12.9. The molecule has 0 aliphatic heterocycles. The second-order valence-corrected chi connectivity index (χ2v) is 3.99. The lowest BCUT2D eigenvalue weighted by molar-refractivity contribution is 0.0697. The summed E-state index contributed by atoms with van der Waals surface area (Å²) in [7, 11) is 0. The van der Waals surface area contributed by atoms with E-state index in [0.29, 0.717) is 4.47 Å². The number of aliphatic hydroxyl groups excluding tert-OH is 2. The van der Waals surface area contributed by atoms with Crippen LogP contribution in [-0.4, -0.2) is 45.5 Å². The molecule has 0 amide bonds. The Hall–Kier alpha value is -1.18. The minimum absolute atomic E-state index is 0.000449. The highest BCUT2D eigenvalue weighted by atomic mass is 79.9. The standard InChI is InChI=1S/C9H11BrN2O4/c10-5-1-7(9(15)16)8(11-2-5)12-3-6(14)4-13/h1-2,6,13-14H,3-4H2,(H,11,12)(H,15,16)/t6-/m1/s1. The molecule has 0 radical (unpaired) electrons. The normalized spacial score (nSPS) is 12.2. The van der Waals surface area contributed by atoms with Crippen LogP contribution in [0.25, 0.3) is 0 Å². The Morgan fingerprint density at radius 2 is 2.31 bits per heavy atom. The molecule has 0 unspecified atom stereocenters. The number of hydrogen-bond donors (Lipinski definition) is 4. The molecule has 0 bridgehead atoms. The first-order chi connectivity index (χ1) is 7.54. The molecule has 1 rings (SSSR count). The molecule has 0 aromatic carbocycles. The van der Waals surface area contributed by atoms with Crippen LogP contribution >= 0.6 is 15.9 Å². The highest BCUT2D eigenvalue weighted by Gasteiger charge is 2.12. The number of hydrogen-bond acceptors (Lipinski definition) is 5. The van der Waals surface area contributed by atoms with Crippen molar-refractivity contribution in [1.29, 1.82) is 0 Å². The summed E-state index contributed by atoms with van der Waals surface area (Å²) in [6.45, 7) is -0.364. The zero-order valence-electron chi connectivity index (χ0n) is 8.22. The van der Waals surface area contributed by atoms with E-state index in [9.17, 15) is 4.79 Å². The molecule has 4 N–H and O–H groups in total. The average molecular weight is 291 g/mol. The third-order valence-electron chi connectivity index (χ3n) is 1.80. The number of carbonyl (C=O) groups is 1. The van der Waals surface area contributed by atoms with Crippen LogP contribution < -0.4 is 5.32 Å². The molecule has 88 valence electrons. The predicted molar refractivity (Wildman–Crippen MR) is 60.5 cm³/mol. The molecule has 0 saturated carbocycles. The Morgan fingerprint density at radius 3 is 2.88 bits per heavy atom. The minimum atomic E-state index is -1.12. The third kappa shape index (κ3) is 3.44. The highest BCUT2D eigenvalue weighted by molar-refractivity contribution is 9.10. The molecule has 1 atom stereocenters. The first-order valence-corrected chi connectivity index (χ1v) is 5.25. The number of aromatic nitrogens is 1. The number of halogens is 1. The number of nitrogens with zero attached hydrogens (tertiary/aromatic N) is 1. The maximum Gasteiger partial charge on any atom is 0.339 e. The largest absolute Gasteiger partial charge is 0.478 e. The topological polar surface area (TPSA) is 103 Å². The van der Waals surface area contributed by atoms with Crippen LogP contribution in [0.15, 0.2) is 16.7 Å². The van der Waals surface area contributed by atoms with Crippen molar-refractivity contribution in [2.45, 2.75) is 6.10 Å². The van der Waals surface area contributed by atoms with Gasteiger partial charge < -0.3 is 20.6 Å². The fourth-order valence-corrected chi connectivity index (χ4v) is 1.35. The van der Waals surface area contributed by atoms with Gasteiger partial charge in [0.2, 0.25) is 0 Å². The maximum atomic E-state index is 10.9. The van der Waals surface area contributed by atoms with Crippen LogP contribution in [-0.2, 0) is 0 Å². The van der Waals surface area contributed by atoms with Crippen molar-refractivity contribution in [1.82, 2.24) is 4.98 Å². The lowest BCUT2D eigenvalue weighted by atomic mass is 10.2. The molecular weight excluding hydrogens is 280 g/mol. The van der Waals surface area contributed by atoms with Gasteiger partial charge in [0, 0.05) is 17.2 Å². The summed E-state index contributed by atoms with van der Waals surface area (Å²) in [5, 5.41) is 29.3. The van der Waals surface area contributed by atoms with Gasteiger partial charge in [0.1, 0.15) is 11.4 Å². The van der Waals surface area contributed by atoms with E-state index in [4.69, 9.17) is 15.3 Å². The lowest BCUT2D eigenvalue weighted by Gasteiger charge is -2.11. The summed E-state index contributed by atoms with van der Waals surface area (Å²) in [6.07, 6.45) is 0.493. The van der Waals surface area contributed by atoms with E-state index in [1.807, 2.05) is 0 Å². The summed E-state index contributed by atoms with van der Waals surface area (Å²) in [5.74, 6) is -0.960. The predicted octanol–water partition coefficient (Wildman–Crippen LogP) is 0.307. The summed E-state index contributed by atoms with van der Waals surface area (Å²) in [4.78, 5) is 14.7. The van der Waals surface area contributed by atoms with Crippen molar-refractivity contribution < 1.29 is 20.1 Å². The van der Waals surface area contributed by atoms with Crippen LogP contribution in [0.4, 0.5) is 5.82 Å². The van der Waals surface area contributed by atoms with Gasteiger partial charge in [-0.05, 0) is 22.0 Å². The van der Waals surface area contributed by atoms with Gasteiger partial charge >= 0.3 is 5.97 Å². The Balaban J connectivity index is 2.82. The number of nitrogens with one attached hydrogen (secondary N) is 1. The van der Waals surface area contributed by atoms with Crippen molar-refractivity contribution in [3.05, 3.63) is 22.3 Å². The zero-order valence-corrected chi connectivity index (χ0v) is 9.81. The van der Waals surface area contributed by atoms with E-state index >= 15 is 0 Å². The van der Waals surface area contributed by atoms with Gasteiger partial charge in [-0.15, -0.1) is 0 Å². The summed E-state index contributed by atoms with van der Waals surface area (Å²) < 4.78 is 0.554. The molecule has 0 aliphatic rings. The van der Waals surface area contributed by atoms with E-state index in [0.717, 1.165) is 0 Å². The lowest BCUT2D eigenvalue weighted by Crippen LogP contribution is -2.24. The molecule has 1 aromatic rings. The van der Waals surface area contributed by atoms with E-state index < -0.39 is 18.7 Å². The van der Waals surface area contributed by atoms with E-state index in [1.165, 1.54) is 12.3 Å². The smallest absolute Gasteiger partial charge is 0.339 e. The van der Waals surface area contributed by atoms with Crippen molar-refractivity contribution in [2.75, 3.05) is 18.5 Å². The van der Waals surface area contributed by atoms with Crippen molar-refractivity contribution >= 4 is 27.7 Å². The van der Waals surface area contributed by atoms with Gasteiger partial charge in [-0.25, -0.2) is 9.78 Å². The molecule has 0 spiro atoms. The molecule has 1 aromatic heterocycles. The molecule has 16 heavy (non-hydrogen) atoms. The Kier molecular flexibility index (Phi) is 4.66. The van der Waals surface area contributed by atoms with E-state index in [-0.39, 0.29) is 17.9 Å². The summed E-state index contributed by atoms with van der Waals surface area (Å²) in [6, 6.07) is 1.41. The monoisotopic (exact) mass is 290 g/mol. The molecule has 6 nitrogen and oxygen atoms in total. The Bertz CT molecular complexity index is 386. The first-order valence-electron chi connectivity index (χ1n) is 4.46. The van der Waals surface area contributed by atoms with Gasteiger partial charge in [-0.1, -0.05) is 0 Å². The molecule has 0 fully saturated rings. The fourth-order valence-electron chi connectivity index (χ4n) is 1.02.